The summed E-state index contributed by atoms with van der Waals surface area (Å²) in [6.45, 7) is 0. The summed E-state index contributed by atoms with van der Waals surface area (Å²) in [6, 6.07) is 12.0. The van der Waals surface area contributed by atoms with Crippen molar-refractivity contribution in [2.45, 2.75) is 0 Å². The van der Waals surface area contributed by atoms with E-state index in [0.29, 0.717) is 22.3 Å². The third kappa shape index (κ3) is 1.83. The lowest BCUT2D eigenvalue weighted by molar-refractivity contribution is 0.104. The summed E-state index contributed by atoms with van der Waals surface area (Å²) in [5.41, 5.74) is 2.06. The highest BCUT2D eigenvalue weighted by Gasteiger charge is 2.24. The van der Waals surface area contributed by atoms with Crippen molar-refractivity contribution >= 4 is 17.1 Å². The van der Waals surface area contributed by atoms with Gasteiger partial charge in [-0.25, -0.2) is 8.78 Å². The molecular weight excluding hydrogens is 290 g/mol. The van der Waals surface area contributed by atoms with Crippen LogP contribution in [0.4, 0.5) is 8.78 Å². The van der Waals surface area contributed by atoms with Gasteiger partial charge in [-0.1, -0.05) is 0 Å². The van der Waals surface area contributed by atoms with E-state index in [0.717, 1.165) is 9.75 Å². The van der Waals surface area contributed by atoms with Gasteiger partial charge in [0.2, 0.25) is 0 Å². The van der Waals surface area contributed by atoms with Crippen molar-refractivity contribution in [1.82, 2.24) is 0 Å². The summed E-state index contributed by atoms with van der Waals surface area (Å²) in [7, 11) is 0. The molecule has 0 spiro atoms. The molecule has 2 aromatic carbocycles. The summed E-state index contributed by atoms with van der Waals surface area (Å²) in [5, 5.41) is 0. The third-order valence-corrected chi connectivity index (χ3v) is 4.74. The van der Waals surface area contributed by atoms with Gasteiger partial charge in [0, 0.05) is 32.0 Å². The Labute approximate surface area is 123 Å². The highest BCUT2D eigenvalue weighted by atomic mass is 32.1. The Balaban J connectivity index is 2.11. The second-order valence-corrected chi connectivity index (χ2v) is 5.96. The van der Waals surface area contributed by atoms with Crippen LogP contribution in [0, 0.1) is 11.6 Å². The molecule has 1 nitrogen and oxygen atoms in total. The van der Waals surface area contributed by atoms with E-state index in [1.807, 2.05) is 12.1 Å². The number of fused-ring (bicyclic) bond motifs is 6. The molecule has 2 bridgehead atoms. The van der Waals surface area contributed by atoms with Gasteiger partial charge in [0.25, 0.3) is 0 Å². The lowest BCUT2D eigenvalue weighted by atomic mass is 9.94. The monoisotopic (exact) mass is 298 g/mol. The van der Waals surface area contributed by atoms with E-state index in [2.05, 4.69) is 0 Å². The summed E-state index contributed by atoms with van der Waals surface area (Å²) >= 11 is 1.43. The number of benzene rings is 2. The number of carbonyl (C=O) groups excluding carboxylic acids is 1. The van der Waals surface area contributed by atoms with Crippen molar-refractivity contribution in [1.29, 1.82) is 0 Å². The van der Waals surface area contributed by atoms with E-state index in [9.17, 15) is 13.6 Å². The molecule has 1 aliphatic rings. The Morgan fingerprint density at radius 3 is 1.62 bits per heavy atom. The minimum absolute atomic E-state index is 0.209. The van der Waals surface area contributed by atoms with Gasteiger partial charge in [0.15, 0.2) is 5.78 Å². The summed E-state index contributed by atoms with van der Waals surface area (Å²) in [4.78, 5) is 14.3. The zero-order chi connectivity index (χ0) is 14.6. The van der Waals surface area contributed by atoms with Crippen LogP contribution in [-0.4, -0.2) is 5.78 Å². The average molecular weight is 298 g/mol. The molecule has 21 heavy (non-hydrogen) atoms. The number of ketones is 1. The van der Waals surface area contributed by atoms with Crippen molar-refractivity contribution in [2.24, 2.45) is 0 Å². The first kappa shape index (κ1) is 12.4. The predicted molar refractivity (Wildman–Crippen MR) is 78.5 cm³/mol. The van der Waals surface area contributed by atoms with Crippen molar-refractivity contribution in [3.63, 3.8) is 0 Å². The fourth-order valence-corrected chi connectivity index (χ4v) is 3.68. The van der Waals surface area contributed by atoms with Crippen LogP contribution in [0.3, 0.4) is 0 Å². The molecular formula is C17H8F2OS. The first-order valence-electron chi connectivity index (χ1n) is 6.38. The molecule has 1 aromatic heterocycles. The second-order valence-electron chi connectivity index (χ2n) is 4.87. The lowest BCUT2D eigenvalue weighted by Gasteiger charge is -2.13. The highest BCUT2D eigenvalue weighted by Crippen LogP contribution is 2.41. The fraction of sp³-hybridized carbons (Fsp3) is 0. The molecule has 3 aromatic rings. The van der Waals surface area contributed by atoms with Crippen LogP contribution in [0.2, 0.25) is 0 Å². The van der Waals surface area contributed by atoms with Crippen LogP contribution in [0.1, 0.15) is 15.9 Å². The maximum absolute atomic E-state index is 13.5. The minimum Gasteiger partial charge on any atom is -0.289 e. The van der Waals surface area contributed by atoms with Gasteiger partial charge < -0.3 is 0 Å². The Morgan fingerprint density at radius 2 is 1.14 bits per heavy atom. The quantitative estimate of drug-likeness (QED) is 0.451. The molecule has 0 unspecified atom stereocenters. The van der Waals surface area contributed by atoms with E-state index in [1.54, 1.807) is 0 Å². The summed E-state index contributed by atoms with van der Waals surface area (Å²) < 4.78 is 27.0. The first-order valence-corrected chi connectivity index (χ1v) is 7.19. The van der Waals surface area contributed by atoms with Gasteiger partial charge in [0.05, 0.1) is 0 Å². The Bertz CT molecular complexity index is 826. The SMILES string of the molecule is O=C1c2ccc(F)cc2-c2ccc(s2)-c2cc(F)ccc21. The van der Waals surface area contributed by atoms with Crippen molar-refractivity contribution in [2.75, 3.05) is 0 Å². The van der Waals surface area contributed by atoms with Crippen LogP contribution in [0.15, 0.2) is 48.5 Å². The van der Waals surface area contributed by atoms with Gasteiger partial charge in [-0.15, -0.1) is 11.3 Å². The fourth-order valence-electron chi connectivity index (χ4n) is 2.61. The number of carbonyl (C=O) groups is 1. The zero-order valence-corrected chi connectivity index (χ0v) is 11.5. The van der Waals surface area contributed by atoms with Crippen LogP contribution >= 0.6 is 11.3 Å². The maximum Gasteiger partial charge on any atom is 0.194 e. The lowest BCUT2D eigenvalue weighted by Crippen LogP contribution is -2.06. The third-order valence-electron chi connectivity index (χ3n) is 3.59. The molecule has 4 heteroatoms. The summed E-state index contributed by atoms with van der Waals surface area (Å²) in [6.07, 6.45) is 0. The largest absolute Gasteiger partial charge is 0.289 e. The molecule has 0 aliphatic carbocycles. The zero-order valence-electron chi connectivity index (χ0n) is 10.7. The molecule has 0 N–H and O–H groups in total. The van der Waals surface area contributed by atoms with Crippen LogP contribution in [0.5, 0.6) is 0 Å². The molecule has 4 rings (SSSR count). The van der Waals surface area contributed by atoms with Crippen LogP contribution in [-0.2, 0) is 0 Å². The maximum atomic E-state index is 13.5. The number of thiophene rings is 1. The molecule has 0 amide bonds. The standard InChI is InChI=1S/C17H8F2OS/c18-9-1-3-11-13(7-9)15-5-6-16(21-15)14-8-10(19)2-4-12(14)17(11)20/h1-8H. The van der Waals surface area contributed by atoms with Gasteiger partial charge >= 0.3 is 0 Å². The summed E-state index contributed by atoms with van der Waals surface area (Å²) in [5.74, 6) is -0.966. The Morgan fingerprint density at radius 1 is 0.667 bits per heavy atom. The normalized spacial score (nSPS) is 12.4. The van der Waals surface area contributed by atoms with Crippen LogP contribution < -0.4 is 0 Å². The molecule has 0 atom stereocenters. The van der Waals surface area contributed by atoms with Crippen molar-refractivity contribution < 1.29 is 13.6 Å². The van der Waals surface area contributed by atoms with Gasteiger partial charge in [-0.2, -0.15) is 0 Å². The van der Waals surface area contributed by atoms with Gasteiger partial charge in [-0.05, 0) is 48.5 Å². The molecule has 1 aliphatic heterocycles. The van der Waals surface area contributed by atoms with E-state index in [1.165, 1.54) is 47.7 Å². The molecule has 2 heterocycles. The van der Waals surface area contributed by atoms with E-state index >= 15 is 0 Å². The van der Waals surface area contributed by atoms with E-state index in [4.69, 9.17) is 0 Å². The average Bonchev–Trinajstić information content (AvgIpc) is 2.96. The molecule has 0 saturated heterocycles. The molecule has 0 saturated carbocycles. The number of hydrogen-bond acceptors (Lipinski definition) is 2. The highest BCUT2D eigenvalue weighted by molar-refractivity contribution is 7.19. The molecule has 0 radical (unpaired) electrons. The number of hydrogen-bond donors (Lipinski definition) is 0. The van der Waals surface area contributed by atoms with E-state index < -0.39 is 0 Å². The minimum atomic E-state index is -0.378. The van der Waals surface area contributed by atoms with Gasteiger partial charge in [0.1, 0.15) is 11.6 Å². The van der Waals surface area contributed by atoms with Crippen LogP contribution in [0.25, 0.3) is 20.9 Å². The second kappa shape index (κ2) is 4.33. The smallest absolute Gasteiger partial charge is 0.194 e. The Hall–Kier alpha value is -2.33. The van der Waals surface area contributed by atoms with Gasteiger partial charge in [-0.3, -0.25) is 4.79 Å². The van der Waals surface area contributed by atoms with Crippen molar-refractivity contribution in [3.05, 3.63) is 71.3 Å². The first-order chi connectivity index (χ1) is 10.1. The molecule has 102 valence electrons. The Kier molecular flexibility index (Phi) is 2.56. The van der Waals surface area contributed by atoms with Crippen molar-refractivity contribution in [3.8, 4) is 20.9 Å². The number of rotatable bonds is 0. The number of halogens is 2. The topological polar surface area (TPSA) is 17.1 Å². The van der Waals surface area contributed by atoms with E-state index in [-0.39, 0.29) is 17.4 Å². The molecule has 0 fully saturated rings. The predicted octanol–water partition coefficient (Wildman–Crippen LogP) is 4.90.